The Kier molecular flexibility index (Phi) is 8.53. The lowest BCUT2D eigenvalue weighted by Crippen LogP contribution is -2.47. The van der Waals surface area contributed by atoms with Crippen LogP contribution in [0.1, 0.15) is 35.3 Å². The molecule has 0 aliphatic rings. The monoisotopic (exact) mass is 443 g/mol. The van der Waals surface area contributed by atoms with E-state index in [-0.39, 0.29) is 30.0 Å². The van der Waals surface area contributed by atoms with Crippen LogP contribution in [0.4, 0.5) is 5.69 Å². The molecule has 2 rings (SSSR count). The quantitative estimate of drug-likeness (QED) is 0.491. The molecule has 1 atom stereocenters. The lowest BCUT2D eigenvalue weighted by Gasteiger charge is -2.22. The topological polar surface area (TPSA) is 104 Å². The van der Waals surface area contributed by atoms with Crippen LogP contribution in [0, 0.1) is 12.8 Å². The molecule has 0 aromatic heterocycles. The molecule has 0 saturated heterocycles. The van der Waals surface area contributed by atoms with Crippen molar-refractivity contribution in [2.24, 2.45) is 5.92 Å². The van der Waals surface area contributed by atoms with Crippen molar-refractivity contribution in [3.8, 4) is 0 Å². The van der Waals surface area contributed by atoms with Crippen LogP contribution in [-0.2, 0) is 20.6 Å². The van der Waals surface area contributed by atoms with Gasteiger partial charge in [0.25, 0.3) is 5.91 Å². The Hall–Kier alpha value is -2.97. The summed E-state index contributed by atoms with van der Waals surface area (Å²) in [6, 6.07) is 13.0. The van der Waals surface area contributed by atoms with Gasteiger partial charge in [-0.05, 0) is 42.2 Å². The van der Waals surface area contributed by atoms with Crippen molar-refractivity contribution in [2.45, 2.75) is 32.6 Å². The normalized spacial score (nSPS) is 12.3. The largest absolute Gasteiger partial charge is 0.340 e. The molecule has 0 radical (unpaired) electrons. The van der Waals surface area contributed by atoms with Gasteiger partial charge in [-0.15, -0.1) is 6.58 Å². The van der Waals surface area contributed by atoms with Gasteiger partial charge in [0.05, 0.1) is 5.75 Å². The van der Waals surface area contributed by atoms with Crippen LogP contribution in [0.15, 0.2) is 61.2 Å². The number of sulfonamides is 1. The van der Waals surface area contributed by atoms with E-state index in [0.717, 1.165) is 5.56 Å². The molecule has 0 saturated carbocycles. The van der Waals surface area contributed by atoms with E-state index in [1.165, 1.54) is 6.08 Å². The minimum atomic E-state index is -3.46. The van der Waals surface area contributed by atoms with Gasteiger partial charge in [-0.25, -0.2) is 13.1 Å². The number of benzene rings is 2. The molecule has 0 fully saturated rings. The van der Waals surface area contributed by atoms with Gasteiger partial charge in [0.1, 0.15) is 6.04 Å². The van der Waals surface area contributed by atoms with Gasteiger partial charge in [-0.3, -0.25) is 9.59 Å². The number of hydrogen-bond donors (Lipinski definition) is 3. The zero-order valence-corrected chi connectivity index (χ0v) is 18.8. The summed E-state index contributed by atoms with van der Waals surface area (Å²) in [5.74, 6) is -0.950. The average Bonchev–Trinajstić information content (AvgIpc) is 2.71. The Morgan fingerprint density at radius 1 is 1.06 bits per heavy atom. The molecule has 7 nitrogen and oxygen atoms in total. The predicted octanol–water partition coefficient (Wildman–Crippen LogP) is 2.99. The fraction of sp³-hybridized carbons (Fsp3) is 0.304. The minimum absolute atomic E-state index is 0.131. The fourth-order valence-corrected chi connectivity index (χ4v) is 4.05. The first kappa shape index (κ1) is 24.3. The second-order valence-electron chi connectivity index (χ2n) is 7.59. The van der Waals surface area contributed by atoms with Gasteiger partial charge in [-0.2, -0.15) is 0 Å². The second-order valence-corrected chi connectivity index (χ2v) is 9.40. The molecule has 1 unspecified atom stereocenters. The highest BCUT2D eigenvalue weighted by atomic mass is 32.2. The summed E-state index contributed by atoms with van der Waals surface area (Å²) in [6.07, 6.45) is 1.47. The SMILES string of the molecule is C=CCNS(=O)(=O)Cc1ccc(NC(=O)C(NC(=O)c2ccccc2C)C(C)C)cc1. The maximum atomic E-state index is 12.8. The van der Waals surface area contributed by atoms with Crippen LogP contribution in [-0.4, -0.2) is 32.8 Å². The maximum Gasteiger partial charge on any atom is 0.252 e. The van der Waals surface area contributed by atoms with E-state index in [4.69, 9.17) is 0 Å². The highest BCUT2D eigenvalue weighted by Crippen LogP contribution is 2.14. The summed E-state index contributed by atoms with van der Waals surface area (Å²) in [7, 11) is -3.46. The predicted molar refractivity (Wildman–Crippen MR) is 123 cm³/mol. The van der Waals surface area contributed by atoms with E-state index in [1.54, 1.807) is 36.4 Å². The number of anilines is 1. The Morgan fingerprint density at radius 3 is 2.29 bits per heavy atom. The standard InChI is InChI=1S/C23H29N3O4S/c1-5-14-24-31(29,30)15-18-10-12-19(13-11-18)25-23(28)21(16(2)3)26-22(27)20-9-7-6-8-17(20)4/h5-13,16,21,24H,1,14-15H2,2-4H3,(H,25,28)(H,26,27). The molecule has 0 bridgehead atoms. The molecule has 0 spiro atoms. The van der Waals surface area contributed by atoms with Crippen molar-refractivity contribution in [3.05, 3.63) is 77.9 Å². The molecule has 2 amide bonds. The number of nitrogens with one attached hydrogen (secondary N) is 3. The van der Waals surface area contributed by atoms with Crippen LogP contribution in [0.3, 0.4) is 0 Å². The number of carbonyl (C=O) groups is 2. The van der Waals surface area contributed by atoms with Crippen molar-refractivity contribution in [1.29, 1.82) is 0 Å². The van der Waals surface area contributed by atoms with E-state index in [1.807, 2.05) is 32.9 Å². The van der Waals surface area contributed by atoms with E-state index in [2.05, 4.69) is 21.9 Å². The number of amides is 2. The molecule has 31 heavy (non-hydrogen) atoms. The Bertz CT molecular complexity index is 1030. The molecule has 2 aromatic carbocycles. The molecule has 166 valence electrons. The van der Waals surface area contributed by atoms with Crippen LogP contribution in [0.25, 0.3) is 0 Å². The van der Waals surface area contributed by atoms with Crippen molar-refractivity contribution in [3.63, 3.8) is 0 Å². The van der Waals surface area contributed by atoms with Crippen LogP contribution in [0.2, 0.25) is 0 Å². The third-order valence-electron chi connectivity index (χ3n) is 4.65. The lowest BCUT2D eigenvalue weighted by atomic mass is 10.0. The van der Waals surface area contributed by atoms with Crippen molar-refractivity contribution in [1.82, 2.24) is 10.0 Å². The van der Waals surface area contributed by atoms with Crippen molar-refractivity contribution in [2.75, 3.05) is 11.9 Å². The minimum Gasteiger partial charge on any atom is -0.340 e. The average molecular weight is 444 g/mol. The first-order chi connectivity index (χ1) is 14.6. The zero-order chi connectivity index (χ0) is 23.0. The number of carbonyl (C=O) groups excluding carboxylic acids is 2. The van der Waals surface area contributed by atoms with Gasteiger partial charge in [0, 0.05) is 17.8 Å². The lowest BCUT2D eigenvalue weighted by molar-refractivity contribution is -0.118. The van der Waals surface area contributed by atoms with E-state index < -0.39 is 16.1 Å². The summed E-state index contributed by atoms with van der Waals surface area (Å²) in [6.45, 7) is 9.20. The van der Waals surface area contributed by atoms with Crippen LogP contribution < -0.4 is 15.4 Å². The zero-order valence-electron chi connectivity index (χ0n) is 18.0. The third-order valence-corrected chi connectivity index (χ3v) is 5.97. The highest BCUT2D eigenvalue weighted by Gasteiger charge is 2.25. The summed E-state index contributed by atoms with van der Waals surface area (Å²) in [4.78, 5) is 25.4. The smallest absolute Gasteiger partial charge is 0.252 e. The van der Waals surface area contributed by atoms with Crippen molar-refractivity contribution < 1.29 is 18.0 Å². The summed E-state index contributed by atoms with van der Waals surface area (Å²) in [5, 5.41) is 5.60. The van der Waals surface area contributed by atoms with Crippen LogP contribution >= 0.6 is 0 Å². The fourth-order valence-electron chi connectivity index (χ4n) is 2.94. The van der Waals surface area contributed by atoms with Crippen LogP contribution in [0.5, 0.6) is 0 Å². The number of hydrogen-bond acceptors (Lipinski definition) is 4. The van der Waals surface area contributed by atoms with Gasteiger partial charge < -0.3 is 10.6 Å². The number of aryl methyl sites for hydroxylation is 1. The molecule has 2 aromatic rings. The Balaban J connectivity index is 2.05. The molecule has 0 heterocycles. The summed E-state index contributed by atoms with van der Waals surface area (Å²) < 4.78 is 26.3. The van der Waals surface area contributed by atoms with E-state index in [9.17, 15) is 18.0 Å². The van der Waals surface area contributed by atoms with E-state index in [0.29, 0.717) is 16.8 Å². The first-order valence-electron chi connectivity index (χ1n) is 9.97. The summed E-state index contributed by atoms with van der Waals surface area (Å²) in [5.41, 5.74) is 2.46. The highest BCUT2D eigenvalue weighted by molar-refractivity contribution is 7.88. The molecule has 8 heteroatoms. The molecular weight excluding hydrogens is 414 g/mol. The van der Waals surface area contributed by atoms with Gasteiger partial charge in [0.15, 0.2) is 0 Å². The molecular formula is C23H29N3O4S. The molecule has 3 N–H and O–H groups in total. The first-order valence-corrected chi connectivity index (χ1v) is 11.6. The maximum absolute atomic E-state index is 12.8. The van der Waals surface area contributed by atoms with Gasteiger partial charge >= 0.3 is 0 Å². The second kappa shape index (κ2) is 10.9. The molecule has 0 aliphatic heterocycles. The Labute approximate surface area is 184 Å². The van der Waals surface area contributed by atoms with Gasteiger partial charge in [-0.1, -0.05) is 50.3 Å². The number of rotatable bonds is 10. The van der Waals surface area contributed by atoms with Crippen molar-refractivity contribution >= 4 is 27.5 Å². The Morgan fingerprint density at radius 2 is 1.71 bits per heavy atom. The third kappa shape index (κ3) is 7.34. The van der Waals surface area contributed by atoms with Gasteiger partial charge in [0.2, 0.25) is 15.9 Å². The van der Waals surface area contributed by atoms with E-state index >= 15 is 0 Å². The summed E-state index contributed by atoms with van der Waals surface area (Å²) >= 11 is 0. The molecule has 0 aliphatic carbocycles.